The highest BCUT2D eigenvalue weighted by Crippen LogP contribution is 2.32. The van der Waals surface area contributed by atoms with Crippen molar-refractivity contribution in [2.75, 3.05) is 18.4 Å². The number of carbonyl (C=O) groups is 2. The Labute approximate surface area is 241 Å². The first-order chi connectivity index (χ1) is 19.4. The zero-order valence-corrected chi connectivity index (χ0v) is 24.4. The Morgan fingerprint density at radius 3 is 2.67 bits per heavy atom. The van der Waals surface area contributed by atoms with E-state index >= 15 is 0 Å². The lowest BCUT2D eigenvalue weighted by Gasteiger charge is -2.29. The fourth-order valence-electron chi connectivity index (χ4n) is 5.77. The number of aryl methyl sites for hydroxylation is 1. The Morgan fingerprint density at radius 2 is 1.93 bits per heavy atom. The third-order valence-electron chi connectivity index (χ3n) is 8.48. The maximum absolute atomic E-state index is 13.1. The van der Waals surface area contributed by atoms with Gasteiger partial charge in [0, 0.05) is 53.1 Å². The standard InChI is InChI=1S/C33H41N3O3S/c1-21(5-3-8-31(37)30-17-27(11-9-22(30)2)36-28-18-34-19-28)23-6-4-7-24(15-23)32-14-13-29(40-32)20-35-26-12-10-25(16-26)33(38)39/h4,6-7,9,11,13-15,17,21,25-26,28,34-36H,3,5,8,10,12,16,18-20H2,1-2H3,(H,38,39)/t21-,25+,26-/m0/s1. The predicted molar refractivity (Wildman–Crippen MR) is 163 cm³/mol. The van der Waals surface area contributed by atoms with Crippen molar-refractivity contribution < 1.29 is 14.7 Å². The Kier molecular flexibility index (Phi) is 9.35. The molecule has 0 bridgehead atoms. The van der Waals surface area contributed by atoms with Gasteiger partial charge in [-0.05, 0) is 85.9 Å². The monoisotopic (exact) mass is 559 g/mol. The van der Waals surface area contributed by atoms with Crippen LogP contribution >= 0.6 is 11.3 Å². The minimum absolute atomic E-state index is 0.202. The van der Waals surface area contributed by atoms with Crippen molar-refractivity contribution in [2.45, 2.75) is 76.9 Å². The van der Waals surface area contributed by atoms with Crippen LogP contribution < -0.4 is 16.0 Å². The van der Waals surface area contributed by atoms with Crippen LogP contribution in [0.5, 0.6) is 0 Å². The van der Waals surface area contributed by atoms with Gasteiger partial charge in [-0.2, -0.15) is 0 Å². The van der Waals surface area contributed by atoms with Gasteiger partial charge < -0.3 is 21.1 Å². The molecule has 2 aromatic carbocycles. The SMILES string of the molecule is Cc1ccc(NC2CNC2)cc1C(=O)CCC[C@H](C)c1cccc(-c2ccc(CN[C@H]3CC[C@@H](C(=O)O)C3)s2)c1. The van der Waals surface area contributed by atoms with Gasteiger partial charge in [0.2, 0.25) is 0 Å². The van der Waals surface area contributed by atoms with E-state index in [9.17, 15) is 14.7 Å². The molecule has 2 aliphatic rings. The molecule has 2 heterocycles. The molecule has 5 rings (SSSR count). The lowest BCUT2D eigenvalue weighted by atomic mass is 9.92. The van der Waals surface area contributed by atoms with Gasteiger partial charge in [-0.3, -0.25) is 9.59 Å². The number of carboxylic acid groups (broad SMARTS) is 1. The largest absolute Gasteiger partial charge is 0.481 e. The van der Waals surface area contributed by atoms with Crippen molar-refractivity contribution in [1.82, 2.24) is 10.6 Å². The number of hydrogen-bond acceptors (Lipinski definition) is 6. The van der Waals surface area contributed by atoms with Gasteiger partial charge in [0.15, 0.2) is 5.78 Å². The number of aliphatic carboxylic acids is 1. The summed E-state index contributed by atoms with van der Waals surface area (Å²) in [7, 11) is 0. The van der Waals surface area contributed by atoms with Crippen LogP contribution in [0.25, 0.3) is 10.4 Å². The molecular formula is C33H41N3O3S. The number of Topliss-reactive ketones (excluding diaryl/α,β-unsaturated/α-hetero) is 1. The molecule has 1 aromatic heterocycles. The highest BCUT2D eigenvalue weighted by molar-refractivity contribution is 7.15. The first-order valence-corrected chi connectivity index (χ1v) is 15.4. The zero-order chi connectivity index (χ0) is 28.1. The molecule has 0 spiro atoms. The number of carbonyl (C=O) groups excluding carboxylic acids is 1. The molecule has 212 valence electrons. The summed E-state index contributed by atoms with van der Waals surface area (Å²) in [6.45, 7) is 6.99. The average Bonchev–Trinajstić information content (AvgIpc) is 3.60. The maximum atomic E-state index is 13.1. The van der Waals surface area contributed by atoms with E-state index in [-0.39, 0.29) is 17.7 Å². The minimum atomic E-state index is -0.668. The fourth-order valence-corrected chi connectivity index (χ4v) is 6.73. The molecule has 1 aliphatic carbocycles. The summed E-state index contributed by atoms with van der Waals surface area (Å²) in [6.07, 6.45) is 4.83. The third kappa shape index (κ3) is 7.19. The van der Waals surface area contributed by atoms with Gasteiger partial charge in [0.05, 0.1) is 12.0 Å². The number of rotatable bonds is 13. The molecule has 1 saturated carbocycles. The fraction of sp³-hybridized carbons (Fsp3) is 0.455. The number of nitrogens with one attached hydrogen (secondary N) is 3. The van der Waals surface area contributed by atoms with Crippen molar-refractivity contribution in [3.05, 3.63) is 76.2 Å². The summed E-state index contributed by atoms with van der Waals surface area (Å²) >= 11 is 1.80. The maximum Gasteiger partial charge on any atom is 0.306 e. The Hall–Kier alpha value is -3.00. The van der Waals surface area contributed by atoms with Crippen LogP contribution in [0.1, 0.15) is 77.7 Å². The molecule has 6 nitrogen and oxygen atoms in total. The van der Waals surface area contributed by atoms with E-state index < -0.39 is 5.97 Å². The molecular weight excluding hydrogens is 518 g/mol. The molecule has 1 aliphatic heterocycles. The molecule has 3 atom stereocenters. The summed E-state index contributed by atoms with van der Waals surface area (Å²) in [4.78, 5) is 26.8. The Balaban J connectivity index is 1.11. The number of carboxylic acids is 1. The molecule has 40 heavy (non-hydrogen) atoms. The van der Waals surface area contributed by atoms with Crippen LogP contribution in [0.15, 0.2) is 54.6 Å². The van der Waals surface area contributed by atoms with E-state index in [0.29, 0.717) is 18.4 Å². The van der Waals surface area contributed by atoms with Crippen molar-refractivity contribution >= 4 is 28.8 Å². The Morgan fingerprint density at radius 1 is 1.07 bits per heavy atom. The van der Waals surface area contributed by atoms with E-state index in [1.165, 1.54) is 20.9 Å². The molecule has 0 radical (unpaired) electrons. The molecule has 1 saturated heterocycles. The lowest BCUT2D eigenvalue weighted by Crippen LogP contribution is -2.51. The molecule has 7 heteroatoms. The van der Waals surface area contributed by atoms with E-state index in [1.807, 2.05) is 19.1 Å². The second-order valence-electron chi connectivity index (χ2n) is 11.6. The number of ketones is 1. The number of anilines is 1. The topological polar surface area (TPSA) is 90.5 Å². The highest BCUT2D eigenvalue weighted by atomic mass is 32.1. The summed E-state index contributed by atoms with van der Waals surface area (Å²) in [5.41, 5.74) is 5.44. The number of thiophene rings is 1. The molecule has 0 amide bonds. The van der Waals surface area contributed by atoms with E-state index in [0.717, 1.165) is 68.6 Å². The first kappa shape index (κ1) is 28.5. The summed E-state index contributed by atoms with van der Waals surface area (Å²) < 4.78 is 0. The van der Waals surface area contributed by atoms with Crippen molar-refractivity contribution in [2.24, 2.45) is 5.92 Å². The molecule has 2 fully saturated rings. The highest BCUT2D eigenvalue weighted by Gasteiger charge is 2.29. The second-order valence-corrected chi connectivity index (χ2v) is 12.7. The van der Waals surface area contributed by atoms with Crippen LogP contribution in [-0.2, 0) is 11.3 Å². The van der Waals surface area contributed by atoms with Crippen LogP contribution in [0, 0.1) is 12.8 Å². The second kappa shape index (κ2) is 13.1. The van der Waals surface area contributed by atoms with Gasteiger partial charge in [-0.15, -0.1) is 11.3 Å². The van der Waals surface area contributed by atoms with Crippen molar-refractivity contribution in [1.29, 1.82) is 0 Å². The Bertz CT molecular complexity index is 1330. The molecule has 4 N–H and O–H groups in total. The number of hydrogen-bond donors (Lipinski definition) is 4. The normalized spacial score (nSPS) is 19.8. The van der Waals surface area contributed by atoms with Crippen LogP contribution in [0.4, 0.5) is 5.69 Å². The van der Waals surface area contributed by atoms with Crippen LogP contribution in [-0.4, -0.2) is 42.0 Å². The summed E-state index contributed by atoms with van der Waals surface area (Å²) in [5.74, 6) is -0.270. The van der Waals surface area contributed by atoms with Crippen LogP contribution in [0.2, 0.25) is 0 Å². The van der Waals surface area contributed by atoms with Gasteiger partial charge in [-0.25, -0.2) is 0 Å². The van der Waals surface area contributed by atoms with Gasteiger partial charge >= 0.3 is 5.97 Å². The third-order valence-corrected chi connectivity index (χ3v) is 9.61. The van der Waals surface area contributed by atoms with E-state index in [4.69, 9.17) is 0 Å². The van der Waals surface area contributed by atoms with E-state index in [2.05, 4.69) is 65.3 Å². The zero-order valence-electron chi connectivity index (χ0n) is 23.5. The van der Waals surface area contributed by atoms with E-state index in [1.54, 1.807) is 11.3 Å². The van der Waals surface area contributed by atoms with Gasteiger partial charge in [-0.1, -0.05) is 37.3 Å². The van der Waals surface area contributed by atoms with Crippen LogP contribution in [0.3, 0.4) is 0 Å². The molecule has 0 unspecified atom stereocenters. The average molecular weight is 560 g/mol. The van der Waals surface area contributed by atoms with Gasteiger partial charge in [0.1, 0.15) is 0 Å². The lowest BCUT2D eigenvalue weighted by molar-refractivity contribution is -0.141. The summed E-state index contributed by atoms with van der Waals surface area (Å²) in [6, 6.07) is 20.0. The number of benzene rings is 2. The molecule has 3 aromatic rings. The first-order valence-electron chi connectivity index (χ1n) is 14.6. The smallest absolute Gasteiger partial charge is 0.306 e. The predicted octanol–water partition coefficient (Wildman–Crippen LogP) is 6.61. The minimum Gasteiger partial charge on any atom is -0.481 e. The quantitative estimate of drug-likeness (QED) is 0.176. The van der Waals surface area contributed by atoms with Gasteiger partial charge in [0.25, 0.3) is 0 Å². The van der Waals surface area contributed by atoms with Crippen molar-refractivity contribution in [3.8, 4) is 10.4 Å². The van der Waals surface area contributed by atoms with Crippen molar-refractivity contribution in [3.63, 3.8) is 0 Å². The summed E-state index contributed by atoms with van der Waals surface area (Å²) in [5, 5.41) is 19.6.